The van der Waals surface area contributed by atoms with Gasteiger partial charge in [0.2, 0.25) is 0 Å². The Morgan fingerprint density at radius 1 is 1.24 bits per heavy atom. The van der Waals surface area contributed by atoms with Crippen molar-refractivity contribution in [3.8, 4) is 0 Å². The monoisotopic (exact) mass is 280 g/mol. The largest absolute Gasteiger partial charge is 0.481 e. The SMILES string of the molecule is Cc1ccccc1[C@@H](CC(=O)O)c1cnc2ccccn12. The van der Waals surface area contributed by atoms with E-state index >= 15 is 0 Å². The van der Waals surface area contributed by atoms with Gasteiger partial charge in [-0.05, 0) is 30.2 Å². The van der Waals surface area contributed by atoms with Crippen molar-refractivity contribution in [3.63, 3.8) is 0 Å². The predicted octanol–water partition coefficient (Wildman–Crippen LogP) is 3.25. The lowest BCUT2D eigenvalue weighted by Crippen LogP contribution is -2.11. The highest BCUT2D eigenvalue weighted by molar-refractivity contribution is 5.69. The second kappa shape index (κ2) is 5.40. The van der Waals surface area contributed by atoms with E-state index in [1.807, 2.05) is 60.0 Å². The van der Waals surface area contributed by atoms with Crippen molar-refractivity contribution in [3.05, 3.63) is 71.7 Å². The minimum absolute atomic E-state index is 0.0491. The van der Waals surface area contributed by atoms with Gasteiger partial charge in [-0.2, -0.15) is 0 Å². The van der Waals surface area contributed by atoms with Gasteiger partial charge in [0.1, 0.15) is 5.65 Å². The van der Waals surface area contributed by atoms with Crippen molar-refractivity contribution in [1.29, 1.82) is 0 Å². The Balaban J connectivity index is 2.16. The molecule has 0 amide bonds. The Kier molecular flexibility index (Phi) is 3.44. The van der Waals surface area contributed by atoms with Crippen LogP contribution in [0.1, 0.15) is 29.2 Å². The molecule has 106 valence electrons. The zero-order valence-electron chi connectivity index (χ0n) is 11.7. The average Bonchev–Trinajstić information content (AvgIpc) is 2.89. The molecule has 3 rings (SSSR count). The highest BCUT2D eigenvalue weighted by Gasteiger charge is 2.22. The number of rotatable bonds is 4. The second-order valence-corrected chi connectivity index (χ2v) is 5.12. The molecule has 0 radical (unpaired) electrons. The quantitative estimate of drug-likeness (QED) is 0.798. The smallest absolute Gasteiger partial charge is 0.304 e. The van der Waals surface area contributed by atoms with E-state index in [2.05, 4.69) is 4.98 Å². The third-order valence-corrected chi connectivity index (χ3v) is 3.75. The van der Waals surface area contributed by atoms with Gasteiger partial charge in [0.25, 0.3) is 0 Å². The molecule has 0 unspecified atom stereocenters. The first-order chi connectivity index (χ1) is 10.2. The van der Waals surface area contributed by atoms with Crippen LogP contribution >= 0.6 is 0 Å². The number of pyridine rings is 1. The minimum atomic E-state index is -0.811. The molecule has 4 heteroatoms. The minimum Gasteiger partial charge on any atom is -0.481 e. The zero-order chi connectivity index (χ0) is 14.8. The summed E-state index contributed by atoms with van der Waals surface area (Å²) in [6, 6.07) is 13.7. The van der Waals surface area contributed by atoms with E-state index < -0.39 is 5.97 Å². The molecule has 0 fully saturated rings. The first-order valence-electron chi connectivity index (χ1n) is 6.86. The van der Waals surface area contributed by atoms with Crippen molar-refractivity contribution in [1.82, 2.24) is 9.38 Å². The van der Waals surface area contributed by atoms with Crippen LogP contribution in [0.5, 0.6) is 0 Å². The van der Waals surface area contributed by atoms with Gasteiger partial charge in [0, 0.05) is 18.3 Å². The molecule has 0 aliphatic rings. The van der Waals surface area contributed by atoms with Crippen molar-refractivity contribution in [2.75, 3.05) is 0 Å². The van der Waals surface area contributed by atoms with Gasteiger partial charge in [-0.15, -0.1) is 0 Å². The molecule has 2 aromatic heterocycles. The molecule has 0 saturated heterocycles. The van der Waals surface area contributed by atoms with Crippen LogP contribution < -0.4 is 0 Å². The summed E-state index contributed by atoms with van der Waals surface area (Å²) in [7, 11) is 0. The van der Waals surface area contributed by atoms with E-state index in [4.69, 9.17) is 0 Å². The van der Waals surface area contributed by atoms with Crippen LogP contribution in [0.2, 0.25) is 0 Å². The third-order valence-electron chi connectivity index (χ3n) is 3.75. The predicted molar refractivity (Wildman–Crippen MR) is 80.5 cm³/mol. The topological polar surface area (TPSA) is 54.6 Å². The summed E-state index contributed by atoms with van der Waals surface area (Å²) in [5.74, 6) is -1.02. The second-order valence-electron chi connectivity index (χ2n) is 5.12. The van der Waals surface area contributed by atoms with E-state index in [1.54, 1.807) is 6.20 Å². The third kappa shape index (κ3) is 2.52. The number of fused-ring (bicyclic) bond motifs is 1. The van der Waals surface area contributed by atoms with E-state index in [0.29, 0.717) is 0 Å². The van der Waals surface area contributed by atoms with E-state index in [-0.39, 0.29) is 12.3 Å². The summed E-state index contributed by atoms with van der Waals surface area (Å²) < 4.78 is 1.96. The van der Waals surface area contributed by atoms with Crippen LogP contribution in [0.15, 0.2) is 54.9 Å². The number of hydrogen-bond donors (Lipinski definition) is 1. The maximum Gasteiger partial charge on any atom is 0.304 e. The van der Waals surface area contributed by atoms with Crippen molar-refractivity contribution >= 4 is 11.6 Å². The number of benzene rings is 1. The number of carboxylic acids is 1. The number of aliphatic carboxylic acids is 1. The number of carboxylic acid groups (broad SMARTS) is 1. The normalized spacial score (nSPS) is 12.4. The first-order valence-corrected chi connectivity index (χ1v) is 6.86. The molecule has 4 nitrogen and oxygen atoms in total. The molecule has 0 aliphatic carbocycles. The zero-order valence-corrected chi connectivity index (χ0v) is 11.7. The molecule has 1 N–H and O–H groups in total. The maximum absolute atomic E-state index is 11.3. The Morgan fingerprint density at radius 3 is 2.76 bits per heavy atom. The number of nitrogens with zero attached hydrogens (tertiary/aromatic N) is 2. The fourth-order valence-electron chi connectivity index (χ4n) is 2.74. The van der Waals surface area contributed by atoms with Gasteiger partial charge < -0.3 is 9.51 Å². The number of hydrogen-bond acceptors (Lipinski definition) is 2. The lowest BCUT2D eigenvalue weighted by Gasteiger charge is -2.17. The number of carbonyl (C=O) groups is 1. The van der Waals surface area contributed by atoms with Gasteiger partial charge in [0.05, 0.1) is 12.1 Å². The average molecular weight is 280 g/mol. The van der Waals surface area contributed by atoms with Crippen LogP contribution in [-0.2, 0) is 4.79 Å². The Bertz CT molecular complexity index is 792. The molecule has 0 saturated carbocycles. The standard InChI is InChI=1S/C17H16N2O2/c1-12-6-2-3-7-13(12)14(10-17(20)21)15-11-18-16-8-4-5-9-19(15)16/h2-9,11,14H,10H2,1H3,(H,20,21)/t14-/m1/s1. The summed E-state index contributed by atoms with van der Waals surface area (Å²) in [6.45, 7) is 2.01. The van der Waals surface area contributed by atoms with Gasteiger partial charge in [0.15, 0.2) is 0 Å². The van der Waals surface area contributed by atoms with Gasteiger partial charge in [-0.1, -0.05) is 30.3 Å². The molecule has 0 aliphatic heterocycles. The molecule has 2 heterocycles. The van der Waals surface area contributed by atoms with Crippen molar-refractivity contribution in [2.45, 2.75) is 19.3 Å². The molecule has 0 bridgehead atoms. The van der Waals surface area contributed by atoms with Crippen LogP contribution in [0, 0.1) is 6.92 Å². The Morgan fingerprint density at radius 2 is 2.00 bits per heavy atom. The van der Waals surface area contributed by atoms with E-state index in [9.17, 15) is 9.90 Å². The van der Waals surface area contributed by atoms with Gasteiger partial charge >= 0.3 is 5.97 Å². The molecule has 1 atom stereocenters. The fraction of sp³-hybridized carbons (Fsp3) is 0.176. The maximum atomic E-state index is 11.3. The summed E-state index contributed by atoms with van der Waals surface area (Å²) >= 11 is 0. The van der Waals surface area contributed by atoms with Crippen molar-refractivity contribution < 1.29 is 9.90 Å². The van der Waals surface area contributed by atoms with Crippen LogP contribution in [0.4, 0.5) is 0 Å². The van der Waals surface area contributed by atoms with Crippen LogP contribution in [0.3, 0.4) is 0 Å². The molecule has 0 spiro atoms. The number of aromatic nitrogens is 2. The van der Waals surface area contributed by atoms with E-state index in [0.717, 1.165) is 22.5 Å². The lowest BCUT2D eigenvalue weighted by atomic mass is 9.89. The molecule has 21 heavy (non-hydrogen) atoms. The van der Waals surface area contributed by atoms with E-state index in [1.165, 1.54) is 0 Å². The highest BCUT2D eigenvalue weighted by Crippen LogP contribution is 2.30. The summed E-state index contributed by atoms with van der Waals surface area (Å²) in [6.07, 6.45) is 3.74. The molecular formula is C17H16N2O2. The lowest BCUT2D eigenvalue weighted by molar-refractivity contribution is -0.137. The first kappa shape index (κ1) is 13.4. The summed E-state index contributed by atoms with van der Waals surface area (Å²) in [4.78, 5) is 15.7. The molecular weight excluding hydrogens is 264 g/mol. The molecule has 1 aromatic carbocycles. The Hall–Kier alpha value is -2.62. The van der Waals surface area contributed by atoms with Crippen LogP contribution in [-0.4, -0.2) is 20.5 Å². The fourth-order valence-corrected chi connectivity index (χ4v) is 2.74. The number of imidazole rings is 1. The van der Waals surface area contributed by atoms with Gasteiger partial charge in [-0.3, -0.25) is 4.79 Å². The summed E-state index contributed by atoms with van der Waals surface area (Å²) in [5, 5.41) is 9.28. The Labute approximate surface area is 122 Å². The van der Waals surface area contributed by atoms with Gasteiger partial charge in [-0.25, -0.2) is 4.98 Å². The highest BCUT2D eigenvalue weighted by atomic mass is 16.4. The van der Waals surface area contributed by atoms with Crippen molar-refractivity contribution in [2.24, 2.45) is 0 Å². The van der Waals surface area contributed by atoms with Crippen LogP contribution in [0.25, 0.3) is 5.65 Å². The summed E-state index contributed by atoms with van der Waals surface area (Å²) in [5.41, 5.74) is 3.86. The molecule has 3 aromatic rings. The number of aryl methyl sites for hydroxylation is 1.